The van der Waals surface area contributed by atoms with Crippen molar-refractivity contribution in [1.82, 2.24) is 9.29 Å². The van der Waals surface area contributed by atoms with E-state index in [1.54, 1.807) is 30.9 Å². The predicted octanol–water partition coefficient (Wildman–Crippen LogP) is 4.51. The van der Waals surface area contributed by atoms with Gasteiger partial charge in [0.15, 0.2) is 0 Å². The summed E-state index contributed by atoms with van der Waals surface area (Å²) >= 11 is 1.56. The molecule has 0 radical (unpaired) electrons. The Bertz CT molecular complexity index is 863. The van der Waals surface area contributed by atoms with Crippen LogP contribution in [0.25, 0.3) is 0 Å². The van der Waals surface area contributed by atoms with Crippen molar-refractivity contribution in [2.75, 3.05) is 19.4 Å². The summed E-state index contributed by atoms with van der Waals surface area (Å²) in [5, 5.41) is 0.798. The summed E-state index contributed by atoms with van der Waals surface area (Å²) in [6.07, 6.45) is 6.76. The van der Waals surface area contributed by atoms with Gasteiger partial charge in [-0.3, -0.25) is 0 Å². The Morgan fingerprint density at radius 3 is 2.64 bits per heavy atom. The number of nitrogens with zero attached hydrogens (tertiary/aromatic N) is 2. The molecule has 28 heavy (non-hydrogen) atoms. The van der Waals surface area contributed by atoms with Crippen molar-refractivity contribution in [3.8, 4) is 5.75 Å². The number of aryl methyl sites for hydroxylation is 1. The third kappa shape index (κ3) is 5.49. The number of benzene rings is 1. The summed E-state index contributed by atoms with van der Waals surface area (Å²) in [7, 11) is -1.79. The molecule has 0 atom stereocenters. The molecule has 3 rings (SSSR count). The van der Waals surface area contributed by atoms with Gasteiger partial charge in [0, 0.05) is 25.0 Å². The first-order chi connectivity index (χ1) is 13.5. The number of rotatable bonds is 8. The summed E-state index contributed by atoms with van der Waals surface area (Å²) in [4.78, 5) is 4.60. The number of hydrogen-bond donors (Lipinski definition) is 0. The molecule has 1 saturated carbocycles. The molecular weight excluding hydrogens is 392 g/mol. The Morgan fingerprint density at radius 2 is 1.96 bits per heavy atom. The monoisotopic (exact) mass is 420 g/mol. The molecule has 2 aromatic rings. The zero-order valence-corrected chi connectivity index (χ0v) is 18.1. The number of hydrogen-bond acceptors (Lipinski definition) is 5. The van der Waals surface area contributed by atoms with Gasteiger partial charge >= 0.3 is 0 Å². The van der Waals surface area contributed by atoms with E-state index in [4.69, 9.17) is 4.74 Å². The maximum atomic E-state index is 12.8. The Hall–Kier alpha value is -1.57. The van der Waals surface area contributed by atoms with Crippen LogP contribution in [0.1, 0.15) is 37.7 Å². The van der Waals surface area contributed by atoms with Gasteiger partial charge in [-0.2, -0.15) is 4.31 Å². The SMILES string of the molecule is Cc1cccc(OCCSc2ccc(S(=O)(=O)N(C)C3CCCCC3)cn2)c1. The molecule has 0 unspecified atom stereocenters. The Kier molecular flexibility index (Phi) is 7.37. The highest BCUT2D eigenvalue weighted by molar-refractivity contribution is 7.99. The van der Waals surface area contributed by atoms with Crippen molar-refractivity contribution in [2.45, 2.75) is 55.0 Å². The van der Waals surface area contributed by atoms with E-state index in [1.807, 2.05) is 31.2 Å². The second kappa shape index (κ2) is 9.76. The molecular formula is C21H28N2O3S2. The first kappa shape index (κ1) is 21.1. The first-order valence-corrected chi connectivity index (χ1v) is 12.2. The largest absolute Gasteiger partial charge is 0.493 e. The quantitative estimate of drug-likeness (QED) is 0.464. The third-order valence-corrected chi connectivity index (χ3v) is 7.87. The molecule has 1 aliphatic rings. The topological polar surface area (TPSA) is 59.5 Å². The van der Waals surface area contributed by atoms with Crippen LogP contribution in [0.5, 0.6) is 5.75 Å². The standard InChI is InChI=1S/C21H28N2O3S2/c1-17-7-6-10-19(15-17)26-13-14-27-21-12-11-20(16-22-21)28(24,25)23(2)18-8-4-3-5-9-18/h6-7,10-12,15-16,18H,3-5,8-9,13-14H2,1-2H3. The number of thioether (sulfide) groups is 1. The minimum absolute atomic E-state index is 0.103. The Morgan fingerprint density at radius 1 is 1.18 bits per heavy atom. The van der Waals surface area contributed by atoms with Gasteiger partial charge in [0.05, 0.1) is 11.6 Å². The Labute approximate surface area is 172 Å². The van der Waals surface area contributed by atoms with Gasteiger partial charge in [-0.25, -0.2) is 13.4 Å². The van der Waals surface area contributed by atoms with Gasteiger partial charge in [-0.1, -0.05) is 31.4 Å². The number of aromatic nitrogens is 1. The molecule has 152 valence electrons. The van der Waals surface area contributed by atoms with Gasteiger partial charge in [-0.05, 0) is 49.6 Å². The minimum Gasteiger partial charge on any atom is -0.493 e. The lowest BCUT2D eigenvalue weighted by Crippen LogP contribution is -2.38. The molecule has 0 amide bonds. The molecule has 0 aliphatic heterocycles. The molecule has 0 saturated heterocycles. The lowest BCUT2D eigenvalue weighted by molar-refractivity contribution is 0.285. The van der Waals surface area contributed by atoms with Crippen LogP contribution in [0.15, 0.2) is 52.5 Å². The van der Waals surface area contributed by atoms with E-state index < -0.39 is 10.0 Å². The van der Waals surface area contributed by atoms with Crippen LogP contribution in [0, 0.1) is 6.92 Å². The summed E-state index contributed by atoms with van der Waals surface area (Å²) in [6, 6.07) is 11.5. The zero-order valence-electron chi connectivity index (χ0n) is 16.5. The van der Waals surface area contributed by atoms with E-state index in [0.717, 1.165) is 42.2 Å². The summed E-state index contributed by atoms with van der Waals surface area (Å²) in [5.74, 6) is 1.61. The van der Waals surface area contributed by atoms with Crippen molar-refractivity contribution >= 4 is 21.8 Å². The average Bonchev–Trinajstić information content (AvgIpc) is 2.72. The molecule has 7 heteroatoms. The molecule has 0 N–H and O–H groups in total. The maximum Gasteiger partial charge on any atom is 0.244 e. The van der Waals surface area contributed by atoms with Crippen molar-refractivity contribution in [3.05, 3.63) is 48.2 Å². The fourth-order valence-corrected chi connectivity index (χ4v) is 5.45. The fourth-order valence-electron chi connectivity index (χ4n) is 3.42. The zero-order chi connectivity index (χ0) is 20.0. The van der Waals surface area contributed by atoms with Crippen LogP contribution in [-0.4, -0.2) is 43.2 Å². The molecule has 0 bridgehead atoms. The molecule has 1 aromatic heterocycles. The number of ether oxygens (including phenoxy) is 1. The Balaban J connectivity index is 1.52. The molecule has 1 aliphatic carbocycles. The average molecular weight is 421 g/mol. The fraction of sp³-hybridized carbons (Fsp3) is 0.476. The van der Waals surface area contributed by atoms with Crippen molar-refractivity contribution < 1.29 is 13.2 Å². The first-order valence-electron chi connectivity index (χ1n) is 9.73. The lowest BCUT2D eigenvalue weighted by Gasteiger charge is -2.30. The van der Waals surface area contributed by atoms with Crippen molar-refractivity contribution in [2.24, 2.45) is 0 Å². The molecule has 1 heterocycles. The normalized spacial score (nSPS) is 15.7. The van der Waals surface area contributed by atoms with E-state index in [2.05, 4.69) is 4.98 Å². The van der Waals surface area contributed by atoms with Crippen LogP contribution < -0.4 is 4.74 Å². The highest BCUT2D eigenvalue weighted by Gasteiger charge is 2.29. The van der Waals surface area contributed by atoms with Crippen LogP contribution in [0.4, 0.5) is 0 Å². The van der Waals surface area contributed by atoms with Crippen LogP contribution in [-0.2, 0) is 10.0 Å². The van der Waals surface area contributed by atoms with Crippen molar-refractivity contribution in [1.29, 1.82) is 0 Å². The maximum absolute atomic E-state index is 12.8. The molecule has 1 aromatic carbocycles. The highest BCUT2D eigenvalue weighted by atomic mass is 32.2. The molecule has 5 nitrogen and oxygen atoms in total. The van der Waals surface area contributed by atoms with Crippen LogP contribution >= 0.6 is 11.8 Å². The number of pyridine rings is 1. The highest BCUT2D eigenvalue weighted by Crippen LogP contribution is 2.27. The lowest BCUT2D eigenvalue weighted by atomic mass is 9.96. The van der Waals surface area contributed by atoms with Crippen LogP contribution in [0.3, 0.4) is 0 Å². The summed E-state index contributed by atoms with van der Waals surface area (Å²) in [6.45, 7) is 2.60. The van der Waals surface area contributed by atoms with Gasteiger partial charge in [0.1, 0.15) is 10.6 Å². The molecule has 0 spiro atoms. The molecule has 1 fully saturated rings. The second-order valence-electron chi connectivity index (χ2n) is 7.16. The van der Waals surface area contributed by atoms with Gasteiger partial charge in [0.2, 0.25) is 10.0 Å². The third-order valence-electron chi connectivity index (χ3n) is 5.07. The van der Waals surface area contributed by atoms with E-state index in [-0.39, 0.29) is 10.9 Å². The smallest absolute Gasteiger partial charge is 0.244 e. The van der Waals surface area contributed by atoms with E-state index in [9.17, 15) is 8.42 Å². The van der Waals surface area contributed by atoms with Gasteiger partial charge < -0.3 is 4.74 Å². The minimum atomic E-state index is -3.48. The van der Waals surface area contributed by atoms with Crippen molar-refractivity contribution in [3.63, 3.8) is 0 Å². The van der Waals surface area contributed by atoms with E-state index >= 15 is 0 Å². The second-order valence-corrected chi connectivity index (χ2v) is 10.3. The van der Waals surface area contributed by atoms with E-state index in [1.165, 1.54) is 22.5 Å². The summed E-state index contributed by atoms with van der Waals surface area (Å²) in [5.41, 5.74) is 1.17. The van der Waals surface area contributed by atoms with Gasteiger partial charge in [0.25, 0.3) is 0 Å². The summed E-state index contributed by atoms with van der Waals surface area (Å²) < 4.78 is 33.0. The number of sulfonamides is 1. The van der Waals surface area contributed by atoms with Gasteiger partial charge in [-0.15, -0.1) is 11.8 Å². The van der Waals surface area contributed by atoms with E-state index in [0.29, 0.717) is 6.61 Å². The predicted molar refractivity (Wildman–Crippen MR) is 113 cm³/mol. The van der Waals surface area contributed by atoms with Crippen LogP contribution in [0.2, 0.25) is 0 Å².